The van der Waals surface area contributed by atoms with E-state index in [1.54, 1.807) is 35.5 Å². The number of ether oxygens (including phenoxy) is 7. The number of benzene rings is 4. The van der Waals surface area contributed by atoms with Gasteiger partial charge >= 0.3 is 0 Å². The first-order valence-electron chi connectivity index (χ1n) is 16.4. The molecule has 0 saturated carbocycles. The molecule has 0 spiro atoms. The fourth-order valence-corrected chi connectivity index (χ4v) is 7.55. The highest BCUT2D eigenvalue weighted by Gasteiger charge is 2.35. The largest absolute Gasteiger partial charge is 0.493 e. The molecule has 0 radical (unpaired) electrons. The second-order valence-electron chi connectivity index (χ2n) is 12.8. The summed E-state index contributed by atoms with van der Waals surface area (Å²) in [4.78, 5) is 4.78. The van der Waals surface area contributed by atoms with Crippen molar-refractivity contribution in [3.8, 4) is 51.7 Å². The molecule has 48 heavy (non-hydrogen) atoms. The summed E-state index contributed by atoms with van der Waals surface area (Å²) in [5, 5.41) is 0. The molecule has 4 aromatic rings. The van der Waals surface area contributed by atoms with Crippen LogP contribution < -0.4 is 33.2 Å². The zero-order valence-electron chi connectivity index (χ0n) is 28.8. The summed E-state index contributed by atoms with van der Waals surface area (Å²) in [6.07, 6.45) is 3.20. The van der Waals surface area contributed by atoms with Gasteiger partial charge in [-0.25, -0.2) is 0 Å². The number of nitrogens with zero attached hydrogens (tertiary/aromatic N) is 2. The van der Waals surface area contributed by atoms with Crippen LogP contribution in [0.4, 0.5) is 0 Å². The molecule has 8 rings (SSSR count). The number of methoxy groups -OCH3 is 5. The highest BCUT2D eigenvalue weighted by molar-refractivity contribution is 5.64. The first kappa shape index (κ1) is 32.0. The van der Waals surface area contributed by atoms with E-state index in [0.29, 0.717) is 58.2 Å². The lowest BCUT2D eigenvalue weighted by atomic mass is 9.87. The van der Waals surface area contributed by atoms with Crippen LogP contribution in [-0.2, 0) is 25.7 Å². The minimum atomic E-state index is -0.0839. The topological polar surface area (TPSA) is 71.1 Å². The average Bonchev–Trinajstić information content (AvgIpc) is 3.10. The Balaban J connectivity index is 1.49. The molecule has 0 saturated heterocycles. The Morgan fingerprint density at radius 3 is 1.94 bits per heavy atom. The number of fused-ring (bicyclic) bond motifs is 2. The van der Waals surface area contributed by atoms with Gasteiger partial charge in [-0.05, 0) is 98.4 Å². The molecule has 4 aliphatic heterocycles. The van der Waals surface area contributed by atoms with E-state index in [-0.39, 0.29) is 12.1 Å². The van der Waals surface area contributed by atoms with Gasteiger partial charge in [-0.1, -0.05) is 18.2 Å². The van der Waals surface area contributed by atoms with Crippen molar-refractivity contribution in [1.82, 2.24) is 9.80 Å². The fourth-order valence-electron chi connectivity index (χ4n) is 7.55. The SMILES string of the molecule is COc1cc2c3cc1Oc1c(OC)c(OC)cc4c1C(Cc1ccc(OC)c(c1OC)Oc1ccc(cc1)CC3N(C)CC2)N(C)CC4. The Morgan fingerprint density at radius 1 is 0.583 bits per heavy atom. The quantitative estimate of drug-likeness (QED) is 0.223. The van der Waals surface area contributed by atoms with Crippen LogP contribution in [0, 0.1) is 0 Å². The molecule has 0 amide bonds. The van der Waals surface area contributed by atoms with Gasteiger partial charge in [0.1, 0.15) is 5.75 Å². The van der Waals surface area contributed by atoms with E-state index in [4.69, 9.17) is 33.2 Å². The number of likely N-dealkylation sites (N-methyl/N-ethyl adjacent to an activating group) is 2. The standard InChI is InChI=1S/C39H44N2O7/c1-40-16-14-24-20-32(43-4)33-22-28(24)29(40)18-23-8-11-27(12-9-23)47-38-31(42-3)13-10-26(36(38)45-6)19-30-35-25(15-17-41(30)2)21-34(44-5)37(46-7)39(35)48-33/h8-13,20-22,29-30H,14-19H2,1-7H3. The third-order valence-electron chi connectivity index (χ3n) is 10.2. The zero-order valence-corrected chi connectivity index (χ0v) is 28.8. The molecule has 4 aliphatic rings. The maximum absolute atomic E-state index is 7.05. The van der Waals surface area contributed by atoms with E-state index in [1.807, 2.05) is 18.2 Å². The van der Waals surface area contributed by atoms with E-state index in [2.05, 4.69) is 60.3 Å². The van der Waals surface area contributed by atoms with Gasteiger partial charge in [0, 0.05) is 36.3 Å². The monoisotopic (exact) mass is 652 g/mol. The van der Waals surface area contributed by atoms with Crippen LogP contribution in [-0.4, -0.2) is 72.5 Å². The Labute approximate surface area is 282 Å². The molecule has 0 N–H and O–H groups in total. The molecule has 2 atom stereocenters. The van der Waals surface area contributed by atoms with Gasteiger partial charge in [-0.15, -0.1) is 0 Å². The minimum Gasteiger partial charge on any atom is -0.493 e. The smallest absolute Gasteiger partial charge is 0.211 e. The molecule has 252 valence electrons. The van der Waals surface area contributed by atoms with E-state index in [1.165, 1.54) is 16.7 Å². The van der Waals surface area contributed by atoms with Crippen LogP contribution >= 0.6 is 0 Å². The van der Waals surface area contributed by atoms with Crippen molar-refractivity contribution in [2.24, 2.45) is 0 Å². The average molecular weight is 653 g/mol. The highest BCUT2D eigenvalue weighted by Crippen LogP contribution is 2.53. The van der Waals surface area contributed by atoms with Crippen molar-refractivity contribution in [2.45, 2.75) is 37.8 Å². The van der Waals surface area contributed by atoms with Gasteiger partial charge in [0.25, 0.3) is 0 Å². The normalized spacial score (nSPS) is 18.8. The zero-order chi connectivity index (χ0) is 33.5. The first-order chi connectivity index (χ1) is 23.4. The lowest BCUT2D eigenvalue weighted by molar-refractivity contribution is 0.218. The Bertz CT molecular complexity index is 1820. The third kappa shape index (κ3) is 5.54. The van der Waals surface area contributed by atoms with Gasteiger partial charge in [-0.3, -0.25) is 9.80 Å². The molecule has 6 bridgehead atoms. The molecule has 9 heteroatoms. The van der Waals surface area contributed by atoms with Crippen molar-refractivity contribution in [2.75, 3.05) is 62.7 Å². The van der Waals surface area contributed by atoms with Crippen LogP contribution in [0.3, 0.4) is 0 Å². The van der Waals surface area contributed by atoms with Crippen molar-refractivity contribution in [3.63, 3.8) is 0 Å². The number of rotatable bonds is 5. The van der Waals surface area contributed by atoms with E-state index >= 15 is 0 Å². The second kappa shape index (κ2) is 13.1. The Kier molecular flexibility index (Phi) is 8.74. The summed E-state index contributed by atoms with van der Waals surface area (Å²) in [6.45, 7) is 1.81. The number of hydrogen-bond acceptors (Lipinski definition) is 9. The maximum Gasteiger partial charge on any atom is 0.211 e. The molecule has 0 fully saturated rings. The van der Waals surface area contributed by atoms with Gasteiger partial charge < -0.3 is 33.2 Å². The first-order valence-corrected chi connectivity index (χ1v) is 16.4. The van der Waals surface area contributed by atoms with Crippen molar-refractivity contribution < 1.29 is 33.2 Å². The van der Waals surface area contributed by atoms with Crippen molar-refractivity contribution >= 4 is 0 Å². The molecule has 0 aliphatic carbocycles. The predicted molar refractivity (Wildman–Crippen MR) is 184 cm³/mol. The van der Waals surface area contributed by atoms with Crippen LogP contribution in [0.1, 0.15) is 45.5 Å². The van der Waals surface area contributed by atoms with Crippen molar-refractivity contribution in [3.05, 3.63) is 88.0 Å². The van der Waals surface area contributed by atoms with Gasteiger partial charge in [0.05, 0.1) is 35.5 Å². The Morgan fingerprint density at radius 2 is 1.25 bits per heavy atom. The highest BCUT2D eigenvalue weighted by atomic mass is 16.6. The second-order valence-corrected chi connectivity index (χ2v) is 12.8. The lowest BCUT2D eigenvalue weighted by Gasteiger charge is -2.37. The fraction of sp³-hybridized carbons (Fsp3) is 0.385. The lowest BCUT2D eigenvalue weighted by Crippen LogP contribution is -2.34. The van der Waals surface area contributed by atoms with Crippen LogP contribution in [0.25, 0.3) is 0 Å². The van der Waals surface area contributed by atoms with E-state index in [0.717, 1.165) is 49.0 Å². The molecule has 4 heterocycles. The summed E-state index contributed by atoms with van der Waals surface area (Å²) < 4.78 is 43.4. The van der Waals surface area contributed by atoms with Crippen molar-refractivity contribution in [1.29, 1.82) is 0 Å². The molecular weight excluding hydrogens is 608 g/mol. The predicted octanol–water partition coefficient (Wildman–Crippen LogP) is 7.17. The summed E-state index contributed by atoms with van der Waals surface area (Å²) in [6, 6.07) is 18.8. The molecule has 2 unspecified atom stereocenters. The maximum atomic E-state index is 7.05. The molecule has 9 nitrogen and oxygen atoms in total. The van der Waals surface area contributed by atoms with E-state index < -0.39 is 0 Å². The van der Waals surface area contributed by atoms with Crippen LogP contribution in [0.2, 0.25) is 0 Å². The molecular formula is C39H44N2O7. The summed E-state index contributed by atoms with van der Waals surface area (Å²) in [5.41, 5.74) is 6.88. The van der Waals surface area contributed by atoms with Gasteiger partial charge in [0.2, 0.25) is 11.5 Å². The summed E-state index contributed by atoms with van der Waals surface area (Å²) >= 11 is 0. The van der Waals surface area contributed by atoms with Crippen LogP contribution in [0.15, 0.2) is 54.6 Å². The Hall–Kier alpha value is -4.60. The third-order valence-corrected chi connectivity index (χ3v) is 10.2. The van der Waals surface area contributed by atoms with Gasteiger partial charge in [-0.2, -0.15) is 0 Å². The molecule has 0 aromatic heterocycles. The number of hydrogen-bond donors (Lipinski definition) is 0. The molecule has 4 aromatic carbocycles. The minimum absolute atomic E-state index is 0.0839. The summed E-state index contributed by atoms with van der Waals surface area (Å²) in [5.74, 6) is 5.63. The van der Waals surface area contributed by atoms with Crippen LogP contribution in [0.5, 0.6) is 51.7 Å². The van der Waals surface area contributed by atoms with Gasteiger partial charge in [0.15, 0.2) is 34.5 Å². The van der Waals surface area contributed by atoms with E-state index in [9.17, 15) is 0 Å². The summed E-state index contributed by atoms with van der Waals surface area (Å²) in [7, 11) is 12.7.